The molecule has 118 valence electrons. The van der Waals surface area contributed by atoms with Crippen LogP contribution in [-0.4, -0.2) is 44.8 Å². The van der Waals surface area contributed by atoms with Crippen LogP contribution in [0.1, 0.15) is 37.8 Å². The van der Waals surface area contributed by atoms with E-state index in [1.807, 2.05) is 0 Å². The molecule has 0 amide bonds. The number of hydrogen-bond donors (Lipinski definition) is 1. The average molecular weight is 303 g/mol. The fourth-order valence-electron chi connectivity index (χ4n) is 3.55. The van der Waals surface area contributed by atoms with E-state index < -0.39 is 12.0 Å². The molecule has 0 aromatic carbocycles. The molecule has 2 heterocycles. The Morgan fingerprint density at radius 2 is 2.05 bits per heavy atom. The summed E-state index contributed by atoms with van der Waals surface area (Å²) in [6, 6.07) is 0.830. The molecule has 1 N–H and O–H groups in total. The summed E-state index contributed by atoms with van der Waals surface area (Å²) < 4.78 is 39.7. The molecular formula is C13H20F3N5. The van der Waals surface area contributed by atoms with E-state index >= 15 is 0 Å². The summed E-state index contributed by atoms with van der Waals surface area (Å²) in [6.45, 7) is 4.39. The Morgan fingerprint density at radius 1 is 1.24 bits per heavy atom. The number of rotatable bonds is 3. The highest BCUT2D eigenvalue weighted by atomic mass is 19.4. The monoisotopic (exact) mass is 303 g/mol. The third-order valence-electron chi connectivity index (χ3n) is 4.45. The van der Waals surface area contributed by atoms with Crippen molar-refractivity contribution in [2.75, 3.05) is 13.1 Å². The van der Waals surface area contributed by atoms with Gasteiger partial charge in [-0.15, -0.1) is 10.2 Å². The Bertz CT molecular complexity index is 498. The molecule has 1 aliphatic carbocycles. The van der Waals surface area contributed by atoms with Gasteiger partial charge in [-0.25, -0.2) is 0 Å². The van der Waals surface area contributed by atoms with Crippen LogP contribution < -0.4 is 5.32 Å². The number of likely N-dealkylation sites (N-methyl/N-ethyl adjacent to an activating group) is 1. The van der Waals surface area contributed by atoms with Crippen molar-refractivity contribution in [3.8, 4) is 0 Å². The van der Waals surface area contributed by atoms with Crippen molar-refractivity contribution in [3.05, 3.63) is 11.6 Å². The first-order chi connectivity index (χ1) is 10.0. The summed E-state index contributed by atoms with van der Waals surface area (Å²) in [5.41, 5.74) is 0. The number of nitrogens with zero attached hydrogens (tertiary/aromatic N) is 4. The number of aromatic nitrogens is 3. The SMILES string of the molecule is CCNC1CCCC1N1CCn2c(nnc2C(F)(F)F)C1. The summed E-state index contributed by atoms with van der Waals surface area (Å²) in [7, 11) is 0. The molecule has 3 rings (SSSR count). The van der Waals surface area contributed by atoms with Crippen LogP contribution in [0.4, 0.5) is 13.2 Å². The number of halogens is 3. The van der Waals surface area contributed by atoms with Crippen molar-refractivity contribution >= 4 is 0 Å². The smallest absolute Gasteiger partial charge is 0.313 e. The van der Waals surface area contributed by atoms with Crippen molar-refractivity contribution in [2.24, 2.45) is 0 Å². The molecule has 1 saturated carbocycles. The first-order valence-electron chi connectivity index (χ1n) is 7.47. The fraction of sp³-hybridized carbons (Fsp3) is 0.846. The molecule has 0 radical (unpaired) electrons. The second-order valence-electron chi connectivity index (χ2n) is 5.72. The summed E-state index contributed by atoms with van der Waals surface area (Å²) in [5.74, 6) is -0.442. The van der Waals surface area contributed by atoms with Gasteiger partial charge >= 0.3 is 6.18 Å². The van der Waals surface area contributed by atoms with Crippen LogP contribution in [0.2, 0.25) is 0 Å². The van der Waals surface area contributed by atoms with Crippen LogP contribution >= 0.6 is 0 Å². The Labute approximate surface area is 121 Å². The van der Waals surface area contributed by atoms with Gasteiger partial charge in [0.15, 0.2) is 0 Å². The van der Waals surface area contributed by atoms with Gasteiger partial charge in [-0.1, -0.05) is 13.3 Å². The third kappa shape index (κ3) is 2.78. The van der Waals surface area contributed by atoms with Gasteiger partial charge in [0.25, 0.3) is 0 Å². The van der Waals surface area contributed by atoms with Crippen molar-refractivity contribution in [1.29, 1.82) is 0 Å². The molecule has 2 aliphatic rings. The Hall–Kier alpha value is -1.15. The third-order valence-corrected chi connectivity index (χ3v) is 4.45. The van der Waals surface area contributed by atoms with Gasteiger partial charge in [-0.2, -0.15) is 13.2 Å². The van der Waals surface area contributed by atoms with E-state index in [0.29, 0.717) is 37.5 Å². The van der Waals surface area contributed by atoms with Crippen LogP contribution in [0.15, 0.2) is 0 Å². The average Bonchev–Trinajstić information content (AvgIpc) is 3.03. The summed E-state index contributed by atoms with van der Waals surface area (Å²) in [6.07, 6.45) is -1.03. The van der Waals surface area contributed by atoms with Gasteiger partial charge < -0.3 is 9.88 Å². The van der Waals surface area contributed by atoms with Crippen LogP contribution in [0.3, 0.4) is 0 Å². The lowest BCUT2D eigenvalue weighted by Crippen LogP contribution is -2.49. The molecule has 5 nitrogen and oxygen atoms in total. The molecule has 0 saturated heterocycles. The quantitative estimate of drug-likeness (QED) is 0.922. The molecule has 2 atom stereocenters. The number of fused-ring (bicyclic) bond motifs is 1. The molecule has 1 fully saturated rings. The molecule has 2 unspecified atom stereocenters. The lowest BCUT2D eigenvalue weighted by molar-refractivity contribution is -0.148. The van der Waals surface area contributed by atoms with E-state index in [4.69, 9.17) is 0 Å². The molecule has 8 heteroatoms. The van der Waals surface area contributed by atoms with E-state index in [9.17, 15) is 13.2 Å². The van der Waals surface area contributed by atoms with Crippen LogP contribution in [-0.2, 0) is 19.3 Å². The fourth-order valence-corrected chi connectivity index (χ4v) is 3.55. The lowest BCUT2D eigenvalue weighted by atomic mass is 10.1. The van der Waals surface area contributed by atoms with Crippen LogP contribution in [0.5, 0.6) is 0 Å². The molecule has 1 aliphatic heterocycles. The highest BCUT2D eigenvalue weighted by molar-refractivity contribution is 5.04. The van der Waals surface area contributed by atoms with E-state index in [1.165, 1.54) is 11.0 Å². The summed E-state index contributed by atoms with van der Waals surface area (Å²) in [5, 5.41) is 10.6. The topological polar surface area (TPSA) is 46.0 Å². The second-order valence-corrected chi connectivity index (χ2v) is 5.72. The molecule has 1 aromatic heterocycles. The zero-order valence-corrected chi connectivity index (χ0v) is 12.0. The van der Waals surface area contributed by atoms with E-state index in [-0.39, 0.29) is 0 Å². The summed E-state index contributed by atoms with van der Waals surface area (Å²) in [4.78, 5) is 2.25. The van der Waals surface area contributed by atoms with E-state index in [0.717, 1.165) is 19.4 Å². The highest BCUT2D eigenvalue weighted by Crippen LogP contribution is 2.31. The van der Waals surface area contributed by atoms with Gasteiger partial charge in [0.1, 0.15) is 5.82 Å². The highest BCUT2D eigenvalue weighted by Gasteiger charge is 2.41. The first kappa shape index (κ1) is 14.8. The zero-order valence-electron chi connectivity index (χ0n) is 12.0. The Kier molecular flexibility index (Phi) is 3.92. The predicted molar refractivity (Wildman–Crippen MR) is 70.5 cm³/mol. The van der Waals surface area contributed by atoms with Gasteiger partial charge in [0, 0.05) is 25.2 Å². The molecule has 1 aromatic rings. The van der Waals surface area contributed by atoms with Crippen molar-refractivity contribution in [2.45, 2.75) is 57.5 Å². The van der Waals surface area contributed by atoms with Gasteiger partial charge in [-0.05, 0) is 19.4 Å². The summed E-state index contributed by atoms with van der Waals surface area (Å²) >= 11 is 0. The largest absolute Gasteiger partial charge is 0.451 e. The van der Waals surface area contributed by atoms with Crippen LogP contribution in [0, 0.1) is 0 Å². The standard InChI is InChI=1S/C13H20F3N5/c1-2-17-9-4-3-5-10(9)20-6-7-21-11(8-20)18-19-12(21)13(14,15)16/h9-10,17H,2-8H2,1H3. The normalized spacial score (nSPS) is 27.0. The maximum Gasteiger partial charge on any atom is 0.451 e. The molecular weight excluding hydrogens is 283 g/mol. The minimum Gasteiger partial charge on any atom is -0.313 e. The minimum atomic E-state index is -4.42. The first-order valence-corrected chi connectivity index (χ1v) is 7.47. The number of hydrogen-bond acceptors (Lipinski definition) is 4. The van der Waals surface area contributed by atoms with Crippen LogP contribution in [0.25, 0.3) is 0 Å². The number of alkyl halides is 3. The molecule has 21 heavy (non-hydrogen) atoms. The van der Waals surface area contributed by atoms with Crippen molar-refractivity contribution in [1.82, 2.24) is 25.0 Å². The minimum absolute atomic E-state index is 0.312. The molecule has 0 bridgehead atoms. The van der Waals surface area contributed by atoms with E-state index in [2.05, 4.69) is 27.3 Å². The second kappa shape index (κ2) is 5.57. The number of nitrogens with one attached hydrogen (secondary N) is 1. The van der Waals surface area contributed by atoms with Crippen molar-refractivity contribution < 1.29 is 13.2 Å². The maximum atomic E-state index is 12.8. The van der Waals surface area contributed by atoms with Gasteiger partial charge in [0.05, 0.1) is 6.54 Å². The van der Waals surface area contributed by atoms with E-state index in [1.54, 1.807) is 0 Å². The van der Waals surface area contributed by atoms with Gasteiger partial charge in [-0.3, -0.25) is 4.90 Å². The Morgan fingerprint density at radius 3 is 2.76 bits per heavy atom. The Balaban J connectivity index is 1.75. The maximum absolute atomic E-state index is 12.8. The predicted octanol–water partition coefficient (Wildman–Crippen LogP) is 1.64. The zero-order chi connectivity index (χ0) is 15.0. The van der Waals surface area contributed by atoms with Crippen molar-refractivity contribution in [3.63, 3.8) is 0 Å². The molecule has 0 spiro atoms. The van der Waals surface area contributed by atoms with Gasteiger partial charge in [0.2, 0.25) is 5.82 Å². The lowest BCUT2D eigenvalue weighted by Gasteiger charge is -2.36.